The summed E-state index contributed by atoms with van der Waals surface area (Å²) in [6.45, 7) is 0. The van der Waals surface area contributed by atoms with Gasteiger partial charge in [0, 0.05) is 33.6 Å². The molecule has 1 heterocycles. The van der Waals surface area contributed by atoms with Gasteiger partial charge in [0.15, 0.2) is 0 Å². The Hall–Kier alpha value is -3.25. The van der Waals surface area contributed by atoms with Gasteiger partial charge in [-0.2, -0.15) is 0 Å². The van der Waals surface area contributed by atoms with Crippen molar-refractivity contribution in [3.05, 3.63) is 106 Å². The minimum Gasteiger partial charge on any atom is -0.256 e. The van der Waals surface area contributed by atoms with Crippen molar-refractivity contribution >= 4 is 56.8 Å². The van der Waals surface area contributed by atoms with E-state index in [-0.39, 0.29) is 9.79 Å². The Morgan fingerprint density at radius 1 is 0.576 bits per heavy atom. The maximum atomic E-state index is 13.3. The predicted molar refractivity (Wildman–Crippen MR) is 135 cm³/mol. The lowest BCUT2D eigenvalue weighted by Gasteiger charge is -2.01. The van der Waals surface area contributed by atoms with Crippen LogP contribution in [0.3, 0.4) is 0 Å². The quantitative estimate of drug-likeness (QED) is 0.248. The first-order valence-electron chi connectivity index (χ1n) is 10.0. The molecule has 0 spiro atoms. The first kappa shape index (κ1) is 21.6. The van der Waals surface area contributed by atoms with Gasteiger partial charge in [-0.15, -0.1) is 0 Å². The van der Waals surface area contributed by atoms with Crippen molar-refractivity contribution in [2.24, 2.45) is 9.98 Å². The van der Waals surface area contributed by atoms with E-state index < -0.39 is 9.84 Å². The van der Waals surface area contributed by atoms with E-state index in [0.29, 0.717) is 32.5 Å². The molecule has 0 bridgehead atoms. The molecule has 5 rings (SSSR count). The van der Waals surface area contributed by atoms with Crippen LogP contribution in [0.5, 0.6) is 0 Å². The highest BCUT2D eigenvalue weighted by atomic mass is 35.5. The van der Waals surface area contributed by atoms with Crippen LogP contribution in [0.25, 0.3) is 11.1 Å². The second-order valence-electron chi connectivity index (χ2n) is 7.48. The van der Waals surface area contributed by atoms with Gasteiger partial charge in [0.25, 0.3) is 0 Å². The molecule has 162 valence electrons. The molecule has 0 amide bonds. The second kappa shape index (κ2) is 8.60. The van der Waals surface area contributed by atoms with E-state index in [0.717, 1.165) is 11.1 Å². The van der Waals surface area contributed by atoms with Gasteiger partial charge in [-0.05, 0) is 59.7 Å². The van der Waals surface area contributed by atoms with Crippen LogP contribution in [0.2, 0.25) is 10.0 Å². The van der Waals surface area contributed by atoms with Crippen LogP contribution in [0.4, 0.5) is 11.4 Å². The Kier molecular flexibility index (Phi) is 5.62. The van der Waals surface area contributed by atoms with Crippen molar-refractivity contribution in [2.75, 3.05) is 0 Å². The number of sulfone groups is 1. The molecule has 33 heavy (non-hydrogen) atoms. The number of rotatable bonds is 4. The summed E-state index contributed by atoms with van der Waals surface area (Å²) in [4.78, 5) is 9.37. The van der Waals surface area contributed by atoms with Gasteiger partial charge in [0.05, 0.1) is 21.2 Å². The Balaban J connectivity index is 1.45. The molecule has 0 unspecified atom stereocenters. The monoisotopic (exact) mass is 490 g/mol. The molecular formula is C26H16Cl2N2O2S. The number of aliphatic imine (C=N–C) groups is 2. The largest absolute Gasteiger partial charge is 0.256 e. The van der Waals surface area contributed by atoms with Crippen molar-refractivity contribution in [1.82, 2.24) is 0 Å². The SMILES string of the molecule is O=S1(=O)c2cc(N=Cc3ccc(Cl)cc3)ccc2-c2ccc(N=Cc3ccc(Cl)cc3)cc21. The zero-order valence-electron chi connectivity index (χ0n) is 17.1. The Bertz CT molecular complexity index is 1420. The summed E-state index contributed by atoms with van der Waals surface area (Å²) in [6.07, 6.45) is 3.35. The first-order valence-corrected chi connectivity index (χ1v) is 12.3. The topological polar surface area (TPSA) is 58.9 Å². The third kappa shape index (κ3) is 4.35. The van der Waals surface area contributed by atoms with Crippen molar-refractivity contribution in [3.63, 3.8) is 0 Å². The highest BCUT2D eigenvalue weighted by Gasteiger charge is 2.33. The summed E-state index contributed by atoms with van der Waals surface area (Å²) in [5.41, 5.74) is 4.19. The summed E-state index contributed by atoms with van der Waals surface area (Å²) in [5, 5.41) is 1.29. The third-order valence-electron chi connectivity index (χ3n) is 5.26. The number of nitrogens with zero attached hydrogens (tertiary/aromatic N) is 2. The normalized spacial score (nSPS) is 14.0. The van der Waals surface area contributed by atoms with Crippen molar-refractivity contribution in [3.8, 4) is 11.1 Å². The number of benzene rings is 4. The molecule has 0 aromatic heterocycles. The molecule has 0 saturated heterocycles. The van der Waals surface area contributed by atoms with E-state index in [1.165, 1.54) is 0 Å². The van der Waals surface area contributed by atoms with E-state index in [9.17, 15) is 8.42 Å². The lowest BCUT2D eigenvalue weighted by atomic mass is 10.1. The molecule has 0 N–H and O–H groups in total. The second-order valence-corrected chi connectivity index (χ2v) is 10.2. The smallest absolute Gasteiger partial charge is 0.207 e. The minimum absolute atomic E-state index is 0.252. The fraction of sp³-hybridized carbons (Fsp3) is 0. The van der Waals surface area contributed by atoms with Crippen molar-refractivity contribution in [1.29, 1.82) is 0 Å². The minimum atomic E-state index is -3.67. The van der Waals surface area contributed by atoms with Crippen LogP contribution in [0.15, 0.2) is 105 Å². The molecule has 1 aliphatic heterocycles. The Morgan fingerprint density at radius 3 is 1.36 bits per heavy atom. The van der Waals surface area contributed by atoms with Crippen LogP contribution in [0.1, 0.15) is 11.1 Å². The Labute approximate surface area is 201 Å². The number of hydrogen-bond donors (Lipinski definition) is 0. The van der Waals surface area contributed by atoms with Gasteiger partial charge in [0.2, 0.25) is 9.84 Å². The van der Waals surface area contributed by atoms with Crippen LogP contribution < -0.4 is 0 Å². The van der Waals surface area contributed by atoms with Gasteiger partial charge >= 0.3 is 0 Å². The summed E-state index contributed by atoms with van der Waals surface area (Å²) in [7, 11) is -3.67. The van der Waals surface area contributed by atoms with E-state index in [4.69, 9.17) is 23.2 Å². The maximum Gasteiger partial charge on any atom is 0.207 e. The molecule has 1 aliphatic rings. The predicted octanol–water partition coefficient (Wildman–Crippen LogP) is 7.31. The third-order valence-corrected chi connectivity index (χ3v) is 7.60. The highest BCUT2D eigenvalue weighted by Crippen LogP contribution is 2.45. The van der Waals surface area contributed by atoms with Crippen molar-refractivity contribution in [2.45, 2.75) is 9.79 Å². The average molecular weight is 491 g/mol. The molecule has 0 aliphatic carbocycles. The van der Waals surface area contributed by atoms with E-state index in [1.807, 2.05) is 36.4 Å². The molecule has 4 nitrogen and oxygen atoms in total. The van der Waals surface area contributed by atoms with Crippen LogP contribution in [-0.4, -0.2) is 20.8 Å². The van der Waals surface area contributed by atoms with Gasteiger partial charge in [-0.1, -0.05) is 59.6 Å². The lowest BCUT2D eigenvalue weighted by molar-refractivity contribution is 0.598. The maximum absolute atomic E-state index is 13.3. The summed E-state index contributed by atoms with van der Waals surface area (Å²) < 4.78 is 26.5. The van der Waals surface area contributed by atoms with E-state index >= 15 is 0 Å². The molecule has 0 fully saturated rings. The fourth-order valence-corrected chi connectivity index (χ4v) is 5.56. The van der Waals surface area contributed by atoms with Crippen LogP contribution >= 0.6 is 23.2 Å². The van der Waals surface area contributed by atoms with Gasteiger partial charge in [0.1, 0.15) is 0 Å². The zero-order valence-corrected chi connectivity index (χ0v) is 19.4. The molecule has 4 aromatic carbocycles. The van der Waals surface area contributed by atoms with Gasteiger partial charge in [-0.3, -0.25) is 9.98 Å². The Morgan fingerprint density at radius 2 is 0.970 bits per heavy atom. The highest BCUT2D eigenvalue weighted by molar-refractivity contribution is 7.92. The zero-order chi connectivity index (χ0) is 23.0. The lowest BCUT2D eigenvalue weighted by Crippen LogP contribution is -1.96. The molecule has 4 aromatic rings. The number of fused-ring (bicyclic) bond motifs is 3. The van der Waals surface area contributed by atoms with Crippen LogP contribution in [0, 0.1) is 0 Å². The molecule has 0 radical (unpaired) electrons. The first-order chi connectivity index (χ1) is 15.9. The fourth-order valence-electron chi connectivity index (χ4n) is 3.59. The molecule has 0 saturated carbocycles. The van der Waals surface area contributed by atoms with Gasteiger partial charge in [-0.25, -0.2) is 8.42 Å². The molecule has 0 atom stereocenters. The van der Waals surface area contributed by atoms with Crippen LogP contribution in [-0.2, 0) is 9.84 Å². The van der Waals surface area contributed by atoms with Gasteiger partial charge < -0.3 is 0 Å². The average Bonchev–Trinajstić information content (AvgIpc) is 3.04. The van der Waals surface area contributed by atoms with E-state index in [2.05, 4.69) is 9.98 Å². The summed E-state index contributed by atoms with van der Waals surface area (Å²) in [5.74, 6) is 0. The number of hydrogen-bond acceptors (Lipinski definition) is 4. The summed E-state index contributed by atoms with van der Waals surface area (Å²) in [6, 6.07) is 24.9. The molecule has 7 heteroatoms. The number of halogens is 2. The van der Waals surface area contributed by atoms with E-state index in [1.54, 1.807) is 61.0 Å². The molecular weight excluding hydrogens is 475 g/mol. The standard InChI is InChI=1S/C26H16Cl2N2O2S/c27-19-5-1-17(2-6-19)15-29-21-9-11-23-24-12-10-22(14-26(24)33(31,32)25(23)13-21)30-16-18-3-7-20(28)8-4-18/h1-16H. The van der Waals surface area contributed by atoms with Crippen molar-refractivity contribution < 1.29 is 8.42 Å². The summed E-state index contributed by atoms with van der Waals surface area (Å²) >= 11 is 11.8.